The number of aromatic carboxylic acids is 1. The van der Waals surface area contributed by atoms with Gasteiger partial charge in [-0.2, -0.15) is 11.8 Å². The maximum atomic E-state index is 10.9. The van der Waals surface area contributed by atoms with Crippen molar-refractivity contribution in [1.29, 1.82) is 0 Å². The third-order valence-electron chi connectivity index (χ3n) is 2.52. The summed E-state index contributed by atoms with van der Waals surface area (Å²) in [6.07, 6.45) is 1.93. The number of carboxylic acid groups (broad SMARTS) is 1. The monoisotopic (exact) mass is 285 g/mol. The molecule has 0 radical (unpaired) electrons. The van der Waals surface area contributed by atoms with Gasteiger partial charge in [-0.05, 0) is 26.2 Å². The molecule has 8 heteroatoms. The molecular weight excluding hydrogens is 270 g/mol. The maximum absolute atomic E-state index is 10.9. The second-order valence-electron chi connectivity index (χ2n) is 4.44. The summed E-state index contributed by atoms with van der Waals surface area (Å²) in [6, 6.07) is 2.26. The molecule has 0 aliphatic rings. The van der Waals surface area contributed by atoms with Gasteiger partial charge in [-0.15, -0.1) is 0 Å². The minimum Gasteiger partial charge on any atom is -0.477 e. The van der Waals surface area contributed by atoms with Crippen LogP contribution >= 0.6 is 11.8 Å². The number of aromatic nitrogens is 1. The number of thioether (sulfide) groups is 1. The van der Waals surface area contributed by atoms with Crippen LogP contribution in [0.3, 0.4) is 0 Å². The van der Waals surface area contributed by atoms with Crippen molar-refractivity contribution in [3.63, 3.8) is 0 Å². The smallest absolute Gasteiger partial charge is 0.354 e. The maximum Gasteiger partial charge on any atom is 0.354 e. The van der Waals surface area contributed by atoms with E-state index in [0.717, 1.165) is 12.1 Å². The topological polar surface area (TPSA) is 105 Å². The molecule has 1 aromatic heterocycles. The van der Waals surface area contributed by atoms with E-state index in [1.54, 1.807) is 11.8 Å². The third-order valence-corrected chi connectivity index (χ3v) is 3.77. The minimum absolute atomic E-state index is 0.0213. The van der Waals surface area contributed by atoms with Crippen molar-refractivity contribution < 1.29 is 14.8 Å². The number of nitrogens with one attached hydrogen (secondary N) is 1. The summed E-state index contributed by atoms with van der Waals surface area (Å²) in [5.74, 6) is -1.24. The number of anilines is 1. The van der Waals surface area contributed by atoms with Crippen LogP contribution in [-0.4, -0.2) is 38.5 Å². The zero-order chi connectivity index (χ0) is 14.6. The first-order valence-corrected chi connectivity index (χ1v) is 6.67. The number of nitro groups is 1. The third kappa shape index (κ3) is 4.09. The van der Waals surface area contributed by atoms with Crippen LogP contribution in [-0.2, 0) is 0 Å². The van der Waals surface area contributed by atoms with Gasteiger partial charge in [0.05, 0.1) is 4.92 Å². The van der Waals surface area contributed by atoms with E-state index in [1.165, 1.54) is 0 Å². The molecule has 0 aliphatic heterocycles. The van der Waals surface area contributed by atoms with Crippen LogP contribution in [0, 0.1) is 10.1 Å². The summed E-state index contributed by atoms with van der Waals surface area (Å²) in [4.78, 5) is 24.9. The Bertz CT molecular complexity index is 505. The molecule has 0 saturated heterocycles. The molecule has 7 nitrogen and oxygen atoms in total. The van der Waals surface area contributed by atoms with Gasteiger partial charge >= 0.3 is 11.7 Å². The zero-order valence-corrected chi connectivity index (χ0v) is 11.7. The normalized spacial score (nSPS) is 11.1. The fourth-order valence-corrected chi connectivity index (χ4v) is 1.43. The number of rotatable bonds is 6. The van der Waals surface area contributed by atoms with Gasteiger partial charge in [0, 0.05) is 17.4 Å². The molecule has 0 spiro atoms. The standard InChI is InChI=1S/C11H15N3O4S/c1-11(2,19-3)6-12-9-8(14(17)18)5-4-7(13-9)10(15)16/h4-5H,6H2,1-3H3,(H,12,13)(H,15,16). The lowest BCUT2D eigenvalue weighted by molar-refractivity contribution is -0.384. The van der Waals surface area contributed by atoms with Crippen molar-refractivity contribution in [2.45, 2.75) is 18.6 Å². The average molecular weight is 285 g/mol. The van der Waals surface area contributed by atoms with E-state index in [4.69, 9.17) is 5.11 Å². The highest BCUT2D eigenvalue weighted by Crippen LogP contribution is 2.26. The molecule has 0 aromatic carbocycles. The molecule has 0 saturated carbocycles. The number of carboxylic acids is 1. The van der Waals surface area contributed by atoms with Crippen molar-refractivity contribution in [2.24, 2.45) is 0 Å². The van der Waals surface area contributed by atoms with Crippen molar-refractivity contribution in [3.8, 4) is 0 Å². The van der Waals surface area contributed by atoms with Crippen LogP contribution in [0.4, 0.5) is 11.5 Å². The summed E-state index contributed by atoms with van der Waals surface area (Å²) in [7, 11) is 0. The Morgan fingerprint density at radius 3 is 2.68 bits per heavy atom. The predicted molar refractivity (Wildman–Crippen MR) is 73.9 cm³/mol. The number of hydrogen-bond acceptors (Lipinski definition) is 6. The molecule has 0 amide bonds. The van der Waals surface area contributed by atoms with Gasteiger partial charge in [-0.3, -0.25) is 10.1 Å². The number of carbonyl (C=O) groups is 1. The highest BCUT2D eigenvalue weighted by molar-refractivity contribution is 7.99. The molecule has 19 heavy (non-hydrogen) atoms. The summed E-state index contributed by atoms with van der Waals surface area (Å²) in [5, 5.41) is 22.6. The van der Waals surface area contributed by atoms with E-state index in [-0.39, 0.29) is 21.9 Å². The van der Waals surface area contributed by atoms with E-state index < -0.39 is 10.9 Å². The van der Waals surface area contributed by atoms with E-state index >= 15 is 0 Å². The van der Waals surface area contributed by atoms with Gasteiger partial charge < -0.3 is 10.4 Å². The molecule has 1 heterocycles. The van der Waals surface area contributed by atoms with Gasteiger partial charge in [-0.1, -0.05) is 0 Å². The van der Waals surface area contributed by atoms with Crippen LogP contribution < -0.4 is 5.32 Å². The van der Waals surface area contributed by atoms with E-state index in [1.807, 2.05) is 20.1 Å². The van der Waals surface area contributed by atoms with Crippen molar-refractivity contribution in [1.82, 2.24) is 4.98 Å². The molecule has 0 fully saturated rings. The van der Waals surface area contributed by atoms with Gasteiger partial charge in [0.15, 0.2) is 5.69 Å². The Morgan fingerprint density at radius 1 is 1.58 bits per heavy atom. The summed E-state index contributed by atoms with van der Waals surface area (Å²) in [6.45, 7) is 4.38. The Labute approximate surface area is 114 Å². The largest absolute Gasteiger partial charge is 0.477 e. The van der Waals surface area contributed by atoms with E-state index in [9.17, 15) is 14.9 Å². The summed E-state index contributed by atoms with van der Waals surface area (Å²) < 4.78 is -0.144. The lowest BCUT2D eigenvalue weighted by Crippen LogP contribution is -2.26. The molecule has 2 N–H and O–H groups in total. The minimum atomic E-state index is -1.22. The van der Waals surface area contributed by atoms with Crippen LogP contribution in [0.25, 0.3) is 0 Å². The Balaban J connectivity index is 3.04. The number of pyridine rings is 1. The first kappa shape index (κ1) is 15.2. The van der Waals surface area contributed by atoms with Gasteiger partial charge in [-0.25, -0.2) is 9.78 Å². The van der Waals surface area contributed by atoms with E-state index in [0.29, 0.717) is 6.54 Å². The molecule has 104 valence electrons. The van der Waals surface area contributed by atoms with Crippen LogP contribution in [0.1, 0.15) is 24.3 Å². The van der Waals surface area contributed by atoms with Crippen LogP contribution in [0.5, 0.6) is 0 Å². The fourth-order valence-electron chi connectivity index (χ4n) is 1.22. The van der Waals surface area contributed by atoms with Crippen molar-refractivity contribution in [2.75, 3.05) is 18.1 Å². The van der Waals surface area contributed by atoms with Gasteiger partial charge in [0.1, 0.15) is 0 Å². The Kier molecular flexibility index (Phi) is 4.71. The first-order valence-electron chi connectivity index (χ1n) is 5.44. The SMILES string of the molecule is CSC(C)(C)CNc1nc(C(=O)O)ccc1[N+](=O)[O-]. The van der Waals surface area contributed by atoms with Gasteiger partial charge in [0.25, 0.3) is 0 Å². The molecule has 0 aliphatic carbocycles. The molecule has 0 unspecified atom stereocenters. The zero-order valence-electron chi connectivity index (χ0n) is 10.8. The van der Waals surface area contributed by atoms with Gasteiger partial charge in [0.2, 0.25) is 5.82 Å². The number of hydrogen-bond donors (Lipinski definition) is 2. The highest BCUT2D eigenvalue weighted by atomic mass is 32.2. The lowest BCUT2D eigenvalue weighted by atomic mass is 10.2. The summed E-state index contributed by atoms with van der Waals surface area (Å²) in [5.41, 5.74) is -0.461. The fraction of sp³-hybridized carbons (Fsp3) is 0.455. The molecular formula is C11H15N3O4S. The average Bonchev–Trinajstić information content (AvgIpc) is 2.35. The van der Waals surface area contributed by atoms with Crippen molar-refractivity contribution in [3.05, 3.63) is 27.9 Å². The predicted octanol–water partition coefficient (Wildman–Crippen LogP) is 2.24. The molecule has 1 rings (SSSR count). The molecule has 0 bridgehead atoms. The van der Waals surface area contributed by atoms with E-state index in [2.05, 4.69) is 10.3 Å². The molecule has 1 aromatic rings. The molecule has 0 atom stereocenters. The van der Waals surface area contributed by atoms with Crippen molar-refractivity contribution >= 4 is 29.2 Å². The van der Waals surface area contributed by atoms with Crippen LogP contribution in [0.2, 0.25) is 0 Å². The Morgan fingerprint density at radius 2 is 2.21 bits per heavy atom. The Hall–Kier alpha value is -1.83. The first-order chi connectivity index (χ1) is 8.76. The highest BCUT2D eigenvalue weighted by Gasteiger charge is 2.21. The number of nitrogens with zero attached hydrogens (tertiary/aromatic N) is 2. The quantitative estimate of drug-likeness (QED) is 0.609. The lowest BCUT2D eigenvalue weighted by Gasteiger charge is -2.22. The second-order valence-corrected chi connectivity index (χ2v) is 5.96. The van der Waals surface area contributed by atoms with Crippen LogP contribution in [0.15, 0.2) is 12.1 Å². The summed E-state index contributed by atoms with van der Waals surface area (Å²) >= 11 is 1.59. The second kappa shape index (κ2) is 5.87.